The fraction of sp³-hybridized carbons (Fsp3) is 0. The molecule has 0 saturated heterocycles. The molecule has 0 saturated carbocycles. The van der Waals surface area contributed by atoms with E-state index < -0.39 is 15.8 Å². The lowest BCUT2D eigenvalue weighted by atomic mass is 10.2. The number of nitrogens with one attached hydrogen (secondary N) is 1. The number of nitrogens with two attached hydrogens (primary N) is 1. The molecule has 0 aromatic heterocycles. The molecule has 0 radical (unpaired) electrons. The highest BCUT2D eigenvalue weighted by atomic mass is 32.2. The number of nitrogens with zero attached hydrogens (tertiary/aromatic N) is 1. The third kappa shape index (κ3) is 2.87. The molecule has 0 aliphatic carbocycles. The monoisotopic (exact) mass is 291 g/mol. The molecule has 0 unspecified atom stereocenters. The molecule has 7 heteroatoms. The van der Waals surface area contributed by atoms with Gasteiger partial charge in [-0.05, 0) is 36.4 Å². The van der Waals surface area contributed by atoms with E-state index in [1.54, 1.807) is 6.07 Å². The predicted molar refractivity (Wildman–Crippen MR) is 72.8 cm³/mol. The van der Waals surface area contributed by atoms with E-state index in [1.165, 1.54) is 36.4 Å². The number of halogens is 1. The maximum absolute atomic E-state index is 13.0. The molecule has 0 atom stereocenters. The van der Waals surface area contributed by atoms with E-state index in [2.05, 4.69) is 4.72 Å². The van der Waals surface area contributed by atoms with Crippen molar-refractivity contribution >= 4 is 21.4 Å². The van der Waals surface area contributed by atoms with E-state index >= 15 is 0 Å². The number of benzene rings is 2. The Kier molecular flexibility index (Phi) is 3.59. The van der Waals surface area contributed by atoms with Crippen molar-refractivity contribution in [1.82, 2.24) is 0 Å². The summed E-state index contributed by atoms with van der Waals surface area (Å²) in [5.74, 6) is -0.567. The SMILES string of the molecule is N#Cc1cc(N)ccc1S(=O)(=O)Nc1cccc(F)c1. The zero-order valence-corrected chi connectivity index (χ0v) is 11.0. The molecule has 0 aliphatic rings. The van der Waals surface area contributed by atoms with Gasteiger partial charge in [0.25, 0.3) is 10.0 Å². The van der Waals surface area contributed by atoms with Gasteiger partial charge in [-0.1, -0.05) is 6.07 Å². The van der Waals surface area contributed by atoms with Gasteiger partial charge in [0.05, 0.1) is 11.3 Å². The summed E-state index contributed by atoms with van der Waals surface area (Å²) in [6.07, 6.45) is 0. The van der Waals surface area contributed by atoms with Crippen LogP contribution in [0.1, 0.15) is 5.56 Å². The zero-order valence-electron chi connectivity index (χ0n) is 10.2. The van der Waals surface area contributed by atoms with Crippen LogP contribution in [0.3, 0.4) is 0 Å². The summed E-state index contributed by atoms with van der Waals surface area (Å²) < 4.78 is 39.6. The number of hydrogen-bond donors (Lipinski definition) is 2. The van der Waals surface area contributed by atoms with Crippen molar-refractivity contribution in [2.45, 2.75) is 4.90 Å². The molecule has 2 aromatic rings. The van der Waals surface area contributed by atoms with E-state index in [-0.39, 0.29) is 21.8 Å². The summed E-state index contributed by atoms with van der Waals surface area (Å²) in [7, 11) is -3.98. The molecule has 2 aromatic carbocycles. The van der Waals surface area contributed by atoms with Crippen LogP contribution >= 0.6 is 0 Å². The van der Waals surface area contributed by atoms with Crippen LogP contribution in [0.5, 0.6) is 0 Å². The lowest BCUT2D eigenvalue weighted by Crippen LogP contribution is -2.14. The van der Waals surface area contributed by atoms with Gasteiger partial charge in [-0.2, -0.15) is 5.26 Å². The Bertz CT molecular complexity index is 798. The van der Waals surface area contributed by atoms with Crippen molar-refractivity contribution in [1.29, 1.82) is 5.26 Å². The lowest BCUT2D eigenvalue weighted by molar-refractivity contribution is 0.601. The smallest absolute Gasteiger partial charge is 0.263 e. The first-order valence-electron chi connectivity index (χ1n) is 5.50. The summed E-state index contributed by atoms with van der Waals surface area (Å²) in [6.45, 7) is 0. The number of sulfonamides is 1. The second-order valence-corrected chi connectivity index (χ2v) is 5.63. The number of nitriles is 1. The summed E-state index contributed by atoms with van der Waals surface area (Å²) in [5, 5.41) is 8.96. The van der Waals surface area contributed by atoms with Gasteiger partial charge in [-0.15, -0.1) is 0 Å². The van der Waals surface area contributed by atoms with Gasteiger partial charge in [0.15, 0.2) is 0 Å². The van der Waals surface area contributed by atoms with Crippen molar-refractivity contribution < 1.29 is 12.8 Å². The highest BCUT2D eigenvalue weighted by Crippen LogP contribution is 2.21. The van der Waals surface area contributed by atoms with Gasteiger partial charge in [-0.25, -0.2) is 12.8 Å². The highest BCUT2D eigenvalue weighted by molar-refractivity contribution is 7.92. The summed E-state index contributed by atoms with van der Waals surface area (Å²) >= 11 is 0. The van der Waals surface area contributed by atoms with E-state index in [9.17, 15) is 12.8 Å². The predicted octanol–water partition coefficient (Wildman–Crippen LogP) is 2.08. The number of rotatable bonds is 3. The Morgan fingerprint density at radius 1 is 1.20 bits per heavy atom. The fourth-order valence-electron chi connectivity index (χ4n) is 1.63. The zero-order chi connectivity index (χ0) is 14.8. The molecule has 0 heterocycles. The normalized spacial score (nSPS) is 10.8. The van der Waals surface area contributed by atoms with Crippen LogP contribution < -0.4 is 10.5 Å². The van der Waals surface area contributed by atoms with E-state index in [0.717, 1.165) is 6.07 Å². The molecule has 102 valence electrons. The molecule has 3 N–H and O–H groups in total. The minimum Gasteiger partial charge on any atom is -0.399 e. The van der Waals surface area contributed by atoms with Crippen molar-refractivity contribution in [2.75, 3.05) is 10.5 Å². The first-order valence-corrected chi connectivity index (χ1v) is 6.99. The second-order valence-electron chi connectivity index (χ2n) is 3.98. The first-order chi connectivity index (χ1) is 9.42. The Morgan fingerprint density at radius 3 is 2.60 bits per heavy atom. The maximum Gasteiger partial charge on any atom is 0.263 e. The molecule has 0 amide bonds. The average molecular weight is 291 g/mol. The molecule has 0 spiro atoms. The maximum atomic E-state index is 13.0. The van der Waals surface area contributed by atoms with Crippen molar-refractivity contribution in [3.8, 4) is 6.07 Å². The van der Waals surface area contributed by atoms with Crippen LogP contribution in [0.4, 0.5) is 15.8 Å². The quantitative estimate of drug-likeness (QED) is 0.846. The van der Waals surface area contributed by atoms with Crippen LogP contribution in [-0.2, 0) is 10.0 Å². The van der Waals surface area contributed by atoms with E-state index in [4.69, 9.17) is 11.0 Å². The van der Waals surface area contributed by atoms with Crippen molar-refractivity contribution in [3.05, 3.63) is 53.8 Å². The molecule has 2 rings (SSSR count). The van der Waals surface area contributed by atoms with Crippen molar-refractivity contribution in [3.63, 3.8) is 0 Å². The number of hydrogen-bond acceptors (Lipinski definition) is 4. The van der Waals surface area contributed by atoms with Crippen LogP contribution in [0.15, 0.2) is 47.4 Å². The van der Waals surface area contributed by atoms with Crippen LogP contribution in [0.25, 0.3) is 0 Å². The van der Waals surface area contributed by atoms with Gasteiger partial charge in [0.2, 0.25) is 0 Å². The third-order valence-electron chi connectivity index (χ3n) is 2.49. The van der Waals surface area contributed by atoms with Gasteiger partial charge >= 0.3 is 0 Å². The van der Waals surface area contributed by atoms with Crippen LogP contribution in [0.2, 0.25) is 0 Å². The topological polar surface area (TPSA) is 96.0 Å². The first kappa shape index (κ1) is 13.8. The summed E-state index contributed by atoms with van der Waals surface area (Å²) in [5.41, 5.74) is 5.79. The molecule has 0 aliphatic heterocycles. The second kappa shape index (κ2) is 5.19. The fourth-order valence-corrected chi connectivity index (χ4v) is 2.82. The molecule has 5 nitrogen and oxygen atoms in total. The minimum atomic E-state index is -3.98. The minimum absolute atomic E-state index is 0.0747. The molecule has 0 fully saturated rings. The van der Waals surface area contributed by atoms with Gasteiger partial charge < -0.3 is 5.73 Å². The van der Waals surface area contributed by atoms with Crippen LogP contribution in [0, 0.1) is 17.1 Å². The van der Waals surface area contributed by atoms with Gasteiger partial charge in [-0.3, -0.25) is 4.72 Å². The number of anilines is 2. The average Bonchev–Trinajstić information content (AvgIpc) is 2.37. The summed E-state index contributed by atoms with van der Waals surface area (Å²) in [6, 6.07) is 10.7. The van der Waals surface area contributed by atoms with Gasteiger partial charge in [0.1, 0.15) is 16.8 Å². The highest BCUT2D eigenvalue weighted by Gasteiger charge is 2.19. The Labute approximate surface area is 115 Å². The Hall–Kier alpha value is -2.59. The molecule has 0 bridgehead atoms. The lowest BCUT2D eigenvalue weighted by Gasteiger charge is -2.09. The van der Waals surface area contributed by atoms with Gasteiger partial charge in [0, 0.05) is 5.69 Å². The molecule has 20 heavy (non-hydrogen) atoms. The third-order valence-corrected chi connectivity index (χ3v) is 3.93. The molecular formula is C13H10FN3O2S. The number of nitrogen functional groups attached to an aromatic ring is 1. The Balaban J connectivity index is 2.44. The summed E-state index contributed by atoms with van der Waals surface area (Å²) in [4.78, 5) is -0.210. The van der Waals surface area contributed by atoms with E-state index in [0.29, 0.717) is 0 Å². The van der Waals surface area contributed by atoms with Crippen molar-refractivity contribution in [2.24, 2.45) is 0 Å². The Morgan fingerprint density at radius 2 is 1.95 bits per heavy atom. The largest absolute Gasteiger partial charge is 0.399 e. The standard InChI is InChI=1S/C13H10FN3O2S/c14-10-2-1-3-12(7-10)17-20(18,19)13-5-4-11(16)6-9(13)8-15/h1-7,17H,16H2. The molecular weight excluding hydrogens is 281 g/mol. The van der Waals surface area contributed by atoms with E-state index in [1.807, 2.05) is 0 Å². The van der Waals surface area contributed by atoms with Crippen LogP contribution in [-0.4, -0.2) is 8.42 Å².